The van der Waals surface area contributed by atoms with Crippen LogP contribution in [0, 0.1) is 27.7 Å². The first kappa shape index (κ1) is 18.9. The van der Waals surface area contributed by atoms with Gasteiger partial charge in [-0.2, -0.15) is 14.2 Å². The van der Waals surface area contributed by atoms with Crippen LogP contribution in [0.2, 0.25) is 0 Å². The van der Waals surface area contributed by atoms with Crippen molar-refractivity contribution >= 4 is 5.53 Å². The van der Waals surface area contributed by atoms with Crippen molar-refractivity contribution in [1.29, 1.82) is 0 Å². The summed E-state index contributed by atoms with van der Waals surface area (Å²) in [6.45, 7) is 9.30. The van der Waals surface area contributed by atoms with E-state index in [1.165, 1.54) is 6.42 Å². The maximum atomic E-state index is 8.25. The quantitative estimate of drug-likeness (QED) is 0.788. The van der Waals surface area contributed by atoms with Gasteiger partial charge in [-0.1, -0.05) is 0 Å². The summed E-state index contributed by atoms with van der Waals surface area (Å²) in [5.74, 6) is 0. The van der Waals surface area contributed by atoms with Gasteiger partial charge in [0.2, 0.25) is 0 Å². The molecule has 0 aliphatic heterocycles. The van der Waals surface area contributed by atoms with Crippen molar-refractivity contribution in [2.45, 2.75) is 34.1 Å². The molecule has 0 amide bonds. The minimum absolute atomic E-state index is 0.0867. The Bertz CT molecular complexity index is 434. The van der Waals surface area contributed by atoms with Gasteiger partial charge in [-0.05, 0) is 0 Å². The molecule has 0 spiro atoms. The molecule has 0 saturated carbocycles. The fourth-order valence-electron chi connectivity index (χ4n) is 1.97. The fraction of sp³-hybridized carbons (Fsp3) is 0.467. The zero-order chi connectivity index (χ0) is 15.0. The van der Waals surface area contributed by atoms with E-state index in [0.29, 0.717) is 0 Å². The molecule has 1 aromatic heterocycles. The van der Waals surface area contributed by atoms with E-state index in [4.69, 9.17) is 10.2 Å². The van der Waals surface area contributed by atoms with Crippen LogP contribution >= 0.6 is 5.53 Å². The van der Waals surface area contributed by atoms with E-state index < -0.39 is 0 Å². The molecule has 0 saturated heterocycles. The van der Waals surface area contributed by atoms with Crippen molar-refractivity contribution in [1.82, 2.24) is 0 Å². The molecule has 4 heteroatoms. The van der Waals surface area contributed by atoms with Gasteiger partial charge in [-0.3, -0.25) is 0 Å². The summed E-state index contributed by atoms with van der Waals surface area (Å²) in [7, 11) is 1.50. The second kappa shape index (κ2) is 9.74. The molecular weight excluding hydrogens is 291 g/mol. The van der Waals surface area contributed by atoms with Gasteiger partial charge in [-0.15, -0.1) is 0 Å². The third-order valence-electron chi connectivity index (χ3n) is 3.35. The Balaban J connectivity index is 0.000000741. The first-order valence-electron chi connectivity index (χ1n) is 6.20. The zero-order valence-electron chi connectivity index (χ0n) is 12.7. The van der Waals surface area contributed by atoms with Crippen molar-refractivity contribution in [2.24, 2.45) is 0 Å². The predicted molar refractivity (Wildman–Crippen MR) is 77.2 cm³/mol. The summed E-state index contributed by atoms with van der Waals surface area (Å²) in [6.07, 6.45) is 8.10. The van der Waals surface area contributed by atoms with Gasteiger partial charge < -0.3 is 10.2 Å². The van der Waals surface area contributed by atoms with Crippen LogP contribution in [-0.4, -0.2) is 14.2 Å². The number of hydrogen-bond donors (Lipinski definition) is 0. The Morgan fingerprint density at radius 1 is 0.947 bits per heavy atom. The van der Waals surface area contributed by atoms with Crippen molar-refractivity contribution in [3.05, 3.63) is 43.8 Å². The Morgan fingerprint density at radius 3 is 1.79 bits per heavy atom. The van der Waals surface area contributed by atoms with Crippen LogP contribution in [0.15, 0.2) is 22.1 Å². The molecule has 2 rings (SSSR count). The zero-order valence-corrected chi connectivity index (χ0v) is 15.2. The summed E-state index contributed by atoms with van der Waals surface area (Å²) in [5.41, 5.74) is 3.27. The normalized spacial score (nSPS) is 11.9. The first-order chi connectivity index (χ1) is 9.11. The van der Waals surface area contributed by atoms with E-state index in [0.717, 1.165) is 14.2 Å². The molecule has 0 unspecified atom stereocenters. The molecule has 104 valence electrons. The predicted octanol–water partition coefficient (Wildman–Crippen LogP) is 2.55. The standard InChI is InChI=1S/C8H12P.C5H5.2CH3O.Ti/c1-5-6(2)8(4)9-7(5)3;1-2-4-5-3-1;2*1-2;/h1-4H3;1-3H,4H2;2*1H3;/q-1;;2*-1;+3. The monoisotopic (exact) mass is 314 g/mol. The molecule has 1 aromatic rings. The van der Waals surface area contributed by atoms with Crippen molar-refractivity contribution in [3.8, 4) is 0 Å². The topological polar surface area (TPSA) is 46.1 Å². The number of allylic oxidation sites excluding steroid dienone is 4. The Labute approximate surface area is 126 Å². The van der Waals surface area contributed by atoms with Crippen LogP contribution in [0.1, 0.15) is 28.1 Å². The fourth-order valence-corrected chi connectivity index (χ4v) is 9.87. The summed E-state index contributed by atoms with van der Waals surface area (Å²) in [4.78, 5) is 0. The molecule has 1 heterocycles. The van der Waals surface area contributed by atoms with E-state index in [-0.39, 0.29) is 24.2 Å². The van der Waals surface area contributed by atoms with Gasteiger partial charge in [0.15, 0.2) is 0 Å². The van der Waals surface area contributed by atoms with E-state index in [2.05, 4.69) is 45.9 Å². The van der Waals surface area contributed by atoms with Gasteiger partial charge in [0.1, 0.15) is 0 Å². The SMILES string of the molecule is C[O-].C[O-].Cc1c(C)c(C)[p]([Ti+2][C]2=CC=CC2)c1C. The van der Waals surface area contributed by atoms with Gasteiger partial charge in [0.25, 0.3) is 0 Å². The number of rotatable bonds is 2. The molecule has 0 aromatic carbocycles. The van der Waals surface area contributed by atoms with Crippen molar-refractivity contribution in [2.75, 3.05) is 14.2 Å². The number of hydrogen-bond acceptors (Lipinski definition) is 2. The third kappa shape index (κ3) is 4.74. The molecule has 0 bridgehead atoms. The minimum atomic E-state index is 0.0867. The Hall–Kier alpha value is -0.106. The summed E-state index contributed by atoms with van der Waals surface area (Å²) >= 11 is 0.0867. The van der Waals surface area contributed by atoms with Gasteiger partial charge in [0, 0.05) is 0 Å². The summed E-state index contributed by atoms with van der Waals surface area (Å²) in [5, 5.41) is 19.9. The van der Waals surface area contributed by atoms with Crippen molar-refractivity contribution < 1.29 is 28.9 Å². The average Bonchev–Trinajstić information content (AvgIpc) is 3.04. The molecule has 19 heavy (non-hydrogen) atoms. The molecule has 0 N–H and O–H groups in total. The van der Waals surface area contributed by atoms with Crippen LogP contribution in [0.3, 0.4) is 0 Å². The molecule has 1 aliphatic rings. The van der Waals surface area contributed by atoms with E-state index in [1.54, 1.807) is 25.6 Å². The second-order valence-electron chi connectivity index (χ2n) is 4.19. The third-order valence-corrected chi connectivity index (χ3v) is 12.0. The van der Waals surface area contributed by atoms with Crippen LogP contribution < -0.4 is 10.2 Å². The van der Waals surface area contributed by atoms with Gasteiger partial charge in [-0.25, -0.2) is 0 Å². The van der Waals surface area contributed by atoms with Crippen LogP contribution in [-0.2, 0) is 18.6 Å². The van der Waals surface area contributed by atoms with E-state index in [1.807, 2.05) is 0 Å². The molecular formula is C15H23O2PTi. The Kier molecular flexibility index (Phi) is 9.69. The van der Waals surface area contributed by atoms with Crippen LogP contribution in [0.4, 0.5) is 0 Å². The molecule has 2 nitrogen and oxygen atoms in total. The van der Waals surface area contributed by atoms with Crippen molar-refractivity contribution in [3.63, 3.8) is 0 Å². The summed E-state index contributed by atoms with van der Waals surface area (Å²) < 4.78 is 1.74. The van der Waals surface area contributed by atoms with E-state index >= 15 is 0 Å². The molecule has 1 aliphatic carbocycles. The maximum absolute atomic E-state index is 8.25. The summed E-state index contributed by atoms with van der Waals surface area (Å²) in [6, 6.07) is 0. The van der Waals surface area contributed by atoms with Crippen LogP contribution in [0.5, 0.6) is 0 Å². The molecule has 0 atom stereocenters. The van der Waals surface area contributed by atoms with Crippen LogP contribution in [0.25, 0.3) is 0 Å². The average molecular weight is 314 g/mol. The Morgan fingerprint density at radius 2 is 1.42 bits per heavy atom. The first-order valence-corrected chi connectivity index (χ1v) is 10.4. The van der Waals surface area contributed by atoms with Gasteiger partial charge >= 0.3 is 102 Å². The van der Waals surface area contributed by atoms with E-state index in [9.17, 15) is 0 Å². The molecule has 0 fully saturated rings. The second-order valence-corrected chi connectivity index (χ2v) is 10.6. The molecule has 0 radical (unpaired) electrons. The van der Waals surface area contributed by atoms with Gasteiger partial charge in [0.05, 0.1) is 0 Å².